The lowest BCUT2D eigenvalue weighted by Crippen LogP contribution is -2.29. The van der Waals surface area contributed by atoms with E-state index in [1.807, 2.05) is 29.3 Å². The Bertz CT molecular complexity index is 1240. The average Bonchev–Trinajstić information content (AvgIpc) is 3.24. The van der Waals surface area contributed by atoms with E-state index in [1.165, 1.54) is 17.5 Å². The lowest BCUT2D eigenvalue weighted by molar-refractivity contribution is -0.118. The van der Waals surface area contributed by atoms with Gasteiger partial charge in [-0.15, -0.1) is 11.3 Å². The molecule has 0 unspecified atom stereocenters. The van der Waals surface area contributed by atoms with E-state index in [0.29, 0.717) is 40.3 Å². The van der Waals surface area contributed by atoms with E-state index < -0.39 is 0 Å². The highest BCUT2D eigenvalue weighted by atomic mass is 35.5. The molecule has 3 heterocycles. The fourth-order valence-electron chi connectivity index (χ4n) is 4.04. The second-order valence-corrected chi connectivity index (χ2v) is 9.96. The van der Waals surface area contributed by atoms with E-state index >= 15 is 0 Å². The molecule has 0 bridgehead atoms. The van der Waals surface area contributed by atoms with Crippen molar-refractivity contribution in [2.75, 3.05) is 29.1 Å². The largest absolute Gasteiger partial charge is 0.354 e. The summed E-state index contributed by atoms with van der Waals surface area (Å²) in [5.41, 5.74) is 3.31. The van der Waals surface area contributed by atoms with Crippen LogP contribution in [0.2, 0.25) is 5.02 Å². The molecule has 0 saturated heterocycles. The number of halogens is 1. The summed E-state index contributed by atoms with van der Waals surface area (Å²) in [6.45, 7) is 6.93. The van der Waals surface area contributed by atoms with Crippen molar-refractivity contribution in [3.8, 4) is 0 Å². The molecule has 0 atom stereocenters. The third-order valence-electron chi connectivity index (χ3n) is 5.95. The number of anilines is 5. The Kier molecular flexibility index (Phi) is 6.77. The van der Waals surface area contributed by atoms with Crippen molar-refractivity contribution < 1.29 is 9.59 Å². The number of nitrogens with one attached hydrogen (secondary N) is 3. The van der Waals surface area contributed by atoms with Crippen molar-refractivity contribution in [3.63, 3.8) is 0 Å². The van der Waals surface area contributed by atoms with Crippen LogP contribution in [0.15, 0.2) is 35.8 Å². The zero-order valence-electron chi connectivity index (χ0n) is 19.5. The van der Waals surface area contributed by atoms with Crippen molar-refractivity contribution in [1.82, 2.24) is 15.3 Å². The number of benzene rings is 1. The van der Waals surface area contributed by atoms with Crippen LogP contribution >= 0.6 is 22.9 Å². The number of rotatable bonds is 6. The molecule has 1 aliphatic rings. The number of amides is 2. The molecule has 0 radical (unpaired) electrons. The number of hydrogen-bond acceptors (Lipinski definition) is 7. The van der Waals surface area contributed by atoms with Gasteiger partial charge in [-0.2, -0.15) is 4.98 Å². The summed E-state index contributed by atoms with van der Waals surface area (Å²) in [4.78, 5) is 36.0. The summed E-state index contributed by atoms with van der Waals surface area (Å²) in [6, 6.07) is 7.80. The van der Waals surface area contributed by atoms with Crippen molar-refractivity contribution in [2.45, 2.75) is 39.0 Å². The van der Waals surface area contributed by atoms with E-state index in [4.69, 9.17) is 11.6 Å². The number of carbonyl (C=O) groups is 2. The maximum Gasteiger partial charge on any atom is 0.263 e. The van der Waals surface area contributed by atoms with Crippen LogP contribution in [0.25, 0.3) is 0 Å². The molecule has 1 aromatic carbocycles. The van der Waals surface area contributed by atoms with E-state index in [2.05, 4.69) is 45.8 Å². The lowest BCUT2D eigenvalue weighted by Gasteiger charge is -2.27. The molecule has 0 aliphatic carbocycles. The predicted octanol–water partition coefficient (Wildman–Crippen LogP) is 5.46. The van der Waals surface area contributed by atoms with Gasteiger partial charge >= 0.3 is 0 Å². The Balaban J connectivity index is 1.64. The minimum atomic E-state index is -0.191. The molecule has 3 N–H and O–H groups in total. The highest BCUT2D eigenvalue weighted by Gasteiger charge is 2.32. The Morgan fingerprint density at radius 3 is 2.79 bits per heavy atom. The number of aromatic nitrogens is 2. The Morgan fingerprint density at radius 2 is 2.06 bits per heavy atom. The van der Waals surface area contributed by atoms with Crippen molar-refractivity contribution in [3.05, 3.63) is 51.3 Å². The smallest absolute Gasteiger partial charge is 0.263 e. The summed E-state index contributed by atoms with van der Waals surface area (Å²) in [7, 11) is 1.58. The predicted molar refractivity (Wildman–Crippen MR) is 138 cm³/mol. The first-order chi connectivity index (χ1) is 16.2. The Hall–Kier alpha value is -3.17. The van der Waals surface area contributed by atoms with Gasteiger partial charge in [0.1, 0.15) is 9.90 Å². The fourth-order valence-corrected chi connectivity index (χ4v) is 4.98. The number of carbonyl (C=O) groups excluding carboxylic acids is 2. The number of fused-ring (bicyclic) bond motifs is 1. The van der Waals surface area contributed by atoms with Crippen LogP contribution in [-0.4, -0.2) is 35.4 Å². The second kappa shape index (κ2) is 9.60. The minimum Gasteiger partial charge on any atom is -0.354 e. The molecule has 1 aliphatic heterocycles. The zero-order chi connectivity index (χ0) is 24.5. The summed E-state index contributed by atoms with van der Waals surface area (Å²) < 4.78 is 0. The molecule has 10 heteroatoms. The van der Waals surface area contributed by atoms with Gasteiger partial charge < -0.3 is 20.9 Å². The summed E-state index contributed by atoms with van der Waals surface area (Å²) in [6.07, 6.45) is 2.83. The van der Waals surface area contributed by atoms with Crippen LogP contribution in [0.1, 0.15) is 48.8 Å². The molecule has 2 aromatic heterocycles. The van der Waals surface area contributed by atoms with Gasteiger partial charge in [0.2, 0.25) is 11.9 Å². The van der Waals surface area contributed by atoms with Crippen molar-refractivity contribution in [2.24, 2.45) is 0 Å². The van der Waals surface area contributed by atoms with Crippen LogP contribution in [0.3, 0.4) is 0 Å². The van der Waals surface area contributed by atoms with Crippen LogP contribution in [-0.2, 0) is 10.2 Å². The quantitative estimate of drug-likeness (QED) is 0.417. The normalized spacial score (nSPS) is 14.9. The van der Waals surface area contributed by atoms with Crippen LogP contribution < -0.4 is 20.9 Å². The van der Waals surface area contributed by atoms with Gasteiger partial charge in [-0.05, 0) is 47.9 Å². The van der Waals surface area contributed by atoms with Gasteiger partial charge in [0.05, 0.1) is 11.9 Å². The molecular formula is C24H27ClN6O2S. The lowest BCUT2D eigenvalue weighted by atomic mass is 9.80. The molecule has 2 amide bonds. The number of nitrogens with zero attached hydrogens (tertiary/aromatic N) is 3. The first kappa shape index (κ1) is 24.0. The molecular weight excluding hydrogens is 472 g/mol. The third-order valence-corrected chi connectivity index (χ3v) is 7.14. The SMILES string of the molecule is CCN1C(=O)CCC(C)(C)c2ccc(Nc3ncc(Cl)c(Nc4ccsc4C(=O)NC)n3)cc21. The summed E-state index contributed by atoms with van der Waals surface area (Å²) >= 11 is 7.65. The van der Waals surface area contributed by atoms with Crippen molar-refractivity contribution >= 4 is 63.6 Å². The maximum absolute atomic E-state index is 12.7. The summed E-state index contributed by atoms with van der Waals surface area (Å²) in [5.74, 6) is 0.655. The van der Waals surface area contributed by atoms with Gasteiger partial charge in [0.15, 0.2) is 5.82 Å². The fraction of sp³-hybridized carbons (Fsp3) is 0.333. The Morgan fingerprint density at radius 1 is 1.26 bits per heavy atom. The molecule has 178 valence electrons. The molecule has 0 fully saturated rings. The van der Waals surface area contributed by atoms with E-state index in [0.717, 1.165) is 23.4 Å². The van der Waals surface area contributed by atoms with Crippen LogP contribution in [0.4, 0.5) is 28.8 Å². The highest BCUT2D eigenvalue weighted by Crippen LogP contribution is 2.41. The van der Waals surface area contributed by atoms with E-state index in [-0.39, 0.29) is 17.2 Å². The minimum absolute atomic E-state index is 0.107. The van der Waals surface area contributed by atoms with Gasteiger partial charge in [-0.1, -0.05) is 31.5 Å². The van der Waals surface area contributed by atoms with E-state index in [1.54, 1.807) is 13.1 Å². The van der Waals surface area contributed by atoms with Gasteiger partial charge in [-0.3, -0.25) is 9.59 Å². The van der Waals surface area contributed by atoms with E-state index in [9.17, 15) is 9.59 Å². The number of thiophene rings is 1. The van der Waals surface area contributed by atoms with Gasteiger partial charge in [0.25, 0.3) is 5.91 Å². The maximum atomic E-state index is 12.7. The molecule has 3 aromatic rings. The Labute approximate surface area is 207 Å². The molecule has 4 rings (SSSR count). The van der Waals surface area contributed by atoms with Crippen molar-refractivity contribution in [1.29, 1.82) is 0 Å². The standard InChI is InChI=1S/C24H27ClN6O2S/c1-5-31-18-12-14(6-7-15(18)24(2,3)10-8-19(31)32)28-23-27-13-16(25)21(30-23)29-17-9-11-34-20(17)22(33)26-4/h6-7,9,11-13H,5,8,10H2,1-4H3,(H,26,33)(H2,27,28,29,30). The molecule has 8 nitrogen and oxygen atoms in total. The first-order valence-electron chi connectivity index (χ1n) is 11.0. The van der Waals surface area contributed by atoms with Gasteiger partial charge in [0, 0.05) is 31.4 Å². The molecule has 34 heavy (non-hydrogen) atoms. The first-order valence-corrected chi connectivity index (χ1v) is 12.3. The second-order valence-electron chi connectivity index (χ2n) is 8.64. The summed E-state index contributed by atoms with van der Waals surface area (Å²) in [5, 5.41) is 11.1. The number of hydrogen-bond donors (Lipinski definition) is 3. The van der Waals surface area contributed by atoms with Crippen LogP contribution in [0.5, 0.6) is 0 Å². The zero-order valence-corrected chi connectivity index (χ0v) is 21.1. The van der Waals surface area contributed by atoms with Crippen LogP contribution in [0, 0.1) is 0 Å². The van der Waals surface area contributed by atoms with Gasteiger partial charge in [-0.25, -0.2) is 4.98 Å². The molecule has 0 saturated carbocycles. The molecule has 0 spiro atoms. The highest BCUT2D eigenvalue weighted by molar-refractivity contribution is 7.12. The monoisotopic (exact) mass is 498 g/mol. The average molecular weight is 499 g/mol. The third kappa shape index (κ3) is 4.71. The topological polar surface area (TPSA) is 99.3 Å².